The molecule has 3 aromatic rings. The summed E-state index contributed by atoms with van der Waals surface area (Å²) >= 11 is 0. The van der Waals surface area contributed by atoms with Crippen LogP contribution in [0.15, 0.2) is 40.3 Å². The van der Waals surface area contributed by atoms with E-state index in [2.05, 4.69) is 5.16 Å². The molecule has 5 rings (SSSR count). The Morgan fingerprint density at radius 1 is 1.22 bits per heavy atom. The summed E-state index contributed by atoms with van der Waals surface area (Å²) < 4.78 is 13.3. The quantitative estimate of drug-likeness (QED) is 0.230. The average Bonchev–Trinajstić information content (AvgIpc) is 3.18. The van der Waals surface area contributed by atoms with E-state index in [9.17, 15) is 9.59 Å². The number of carbonyl (C=O) groups excluding carboxylic acids is 1. The van der Waals surface area contributed by atoms with Crippen molar-refractivity contribution in [2.45, 2.75) is 78.4 Å². The molecule has 8 nitrogen and oxygen atoms in total. The second-order valence-electron chi connectivity index (χ2n) is 10.5. The van der Waals surface area contributed by atoms with E-state index in [-0.39, 0.29) is 18.3 Å². The van der Waals surface area contributed by atoms with Crippen LogP contribution in [0.1, 0.15) is 70.2 Å². The molecular weight excluding hydrogens is 458 g/mol. The van der Waals surface area contributed by atoms with Gasteiger partial charge in [-0.15, -0.1) is 0 Å². The number of pyridine rings is 2. The van der Waals surface area contributed by atoms with Crippen LogP contribution in [-0.4, -0.2) is 33.4 Å². The summed E-state index contributed by atoms with van der Waals surface area (Å²) in [6.45, 7) is 11.7. The number of hydrogen-bond acceptors (Lipinski definition) is 7. The lowest BCUT2D eigenvalue weighted by molar-refractivity contribution is -0.187. The summed E-state index contributed by atoms with van der Waals surface area (Å²) in [6, 6.07) is 9.70. The van der Waals surface area contributed by atoms with Crippen LogP contribution in [0, 0.1) is 0 Å². The summed E-state index contributed by atoms with van der Waals surface area (Å²) in [5.74, 6) is -0.465. The zero-order chi connectivity index (χ0) is 25.8. The Hall–Kier alpha value is -3.52. The van der Waals surface area contributed by atoms with Gasteiger partial charge in [-0.25, -0.2) is 9.78 Å². The molecule has 0 aliphatic carbocycles. The van der Waals surface area contributed by atoms with Crippen LogP contribution in [0.3, 0.4) is 0 Å². The molecule has 1 aromatic carbocycles. The second-order valence-corrected chi connectivity index (χ2v) is 10.5. The Labute approximate surface area is 209 Å². The third-order valence-corrected chi connectivity index (χ3v) is 6.55. The predicted molar refractivity (Wildman–Crippen MR) is 137 cm³/mol. The lowest BCUT2D eigenvalue weighted by atomic mass is 9.85. The number of oxime groups is 1. The fourth-order valence-electron chi connectivity index (χ4n) is 5.03. The number of rotatable bonds is 5. The van der Waals surface area contributed by atoms with Crippen molar-refractivity contribution in [1.29, 1.82) is 0 Å². The first-order valence-electron chi connectivity index (χ1n) is 12.3. The molecule has 0 saturated heterocycles. The summed E-state index contributed by atoms with van der Waals surface area (Å²) in [5, 5.41) is 5.18. The summed E-state index contributed by atoms with van der Waals surface area (Å²) in [5.41, 5.74) is 2.93. The van der Waals surface area contributed by atoms with Crippen molar-refractivity contribution in [1.82, 2.24) is 9.55 Å². The Kier molecular flexibility index (Phi) is 5.75. The normalized spacial score (nSPS) is 18.9. The molecule has 8 heteroatoms. The van der Waals surface area contributed by atoms with Crippen LogP contribution in [0.4, 0.5) is 0 Å². The van der Waals surface area contributed by atoms with Gasteiger partial charge < -0.3 is 18.9 Å². The number of nitrogens with zero attached hydrogens (tertiary/aromatic N) is 3. The van der Waals surface area contributed by atoms with E-state index < -0.39 is 17.2 Å². The first-order valence-corrected chi connectivity index (χ1v) is 12.3. The van der Waals surface area contributed by atoms with Gasteiger partial charge in [0.25, 0.3) is 5.56 Å². The Bertz CT molecular complexity index is 1460. The van der Waals surface area contributed by atoms with Gasteiger partial charge in [-0.05, 0) is 53.2 Å². The van der Waals surface area contributed by atoms with Gasteiger partial charge in [0.15, 0.2) is 5.60 Å². The van der Waals surface area contributed by atoms with Crippen molar-refractivity contribution < 1.29 is 19.1 Å². The lowest BCUT2D eigenvalue weighted by Gasteiger charge is -2.37. The van der Waals surface area contributed by atoms with Crippen LogP contribution in [0.2, 0.25) is 0 Å². The number of para-hydroxylation sites is 1. The largest absolute Gasteiger partial charge is 0.458 e. The van der Waals surface area contributed by atoms with Gasteiger partial charge in [-0.3, -0.25) is 4.79 Å². The van der Waals surface area contributed by atoms with Gasteiger partial charge in [0, 0.05) is 22.1 Å². The fourth-order valence-corrected chi connectivity index (χ4v) is 5.03. The zero-order valence-corrected chi connectivity index (χ0v) is 21.5. The number of carbonyl (C=O) groups is 1. The zero-order valence-electron chi connectivity index (χ0n) is 21.5. The minimum atomic E-state index is -1.33. The van der Waals surface area contributed by atoms with Crippen LogP contribution in [0.5, 0.6) is 0 Å². The van der Waals surface area contributed by atoms with E-state index in [1.807, 2.05) is 71.9 Å². The molecule has 0 unspecified atom stereocenters. The maximum Gasteiger partial charge on any atom is 0.343 e. The highest BCUT2D eigenvalue weighted by Crippen LogP contribution is 2.42. The second kappa shape index (κ2) is 8.55. The maximum absolute atomic E-state index is 13.8. The molecular formula is C28H31N3O5. The van der Waals surface area contributed by atoms with Crippen LogP contribution < -0.4 is 5.56 Å². The summed E-state index contributed by atoms with van der Waals surface area (Å²) in [4.78, 5) is 37.3. The molecule has 4 heterocycles. The Morgan fingerprint density at radius 3 is 2.67 bits per heavy atom. The van der Waals surface area contributed by atoms with E-state index in [1.165, 1.54) is 0 Å². The molecule has 0 bridgehead atoms. The highest BCUT2D eigenvalue weighted by molar-refractivity contribution is 6.02. The first-order chi connectivity index (χ1) is 17.1. The van der Waals surface area contributed by atoms with Gasteiger partial charge >= 0.3 is 5.97 Å². The smallest absolute Gasteiger partial charge is 0.343 e. The van der Waals surface area contributed by atoms with Gasteiger partial charge in [-0.2, -0.15) is 0 Å². The maximum atomic E-state index is 13.8. The van der Waals surface area contributed by atoms with Crippen molar-refractivity contribution in [2.75, 3.05) is 0 Å². The highest BCUT2D eigenvalue weighted by atomic mass is 16.6. The molecule has 0 radical (unpaired) electrons. The Balaban J connectivity index is 1.75. The van der Waals surface area contributed by atoms with Crippen molar-refractivity contribution >= 4 is 23.1 Å². The monoisotopic (exact) mass is 489 g/mol. The topological polar surface area (TPSA) is 92.0 Å². The number of hydrogen-bond donors (Lipinski definition) is 0. The van der Waals surface area contributed by atoms with E-state index >= 15 is 0 Å². The number of cyclic esters (lactones) is 1. The highest BCUT2D eigenvalue weighted by Gasteiger charge is 2.48. The van der Waals surface area contributed by atoms with Crippen molar-refractivity contribution in [2.24, 2.45) is 5.16 Å². The summed E-state index contributed by atoms with van der Waals surface area (Å²) in [7, 11) is 0. The van der Waals surface area contributed by atoms with Crippen molar-refractivity contribution in [3.8, 4) is 11.4 Å². The lowest BCUT2D eigenvalue weighted by Crippen LogP contribution is -2.47. The summed E-state index contributed by atoms with van der Waals surface area (Å²) in [6.07, 6.45) is 1.81. The molecule has 188 valence electrons. The number of fused-ring (bicyclic) bond motifs is 5. The van der Waals surface area contributed by atoms with Gasteiger partial charge in [0.05, 0.1) is 41.3 Å². The fraction of sp³-hybridized carbons (Fsp3) is 0.429. The number of aromatic nitrogens is 2. The van der Waals surface area contributed by atoms with Crippen molar-refractivity contribution in [3.05, 3.63) is 62.9 Å². The van der Waals surface area contributed by atoms with Crippen molar-refractivity contribution in [3.63, 3.8) is 0 Å². The van der Waals surface area contributed by atoms with Gasteiger partial charge in [-0.1, -0.05) is 30.3 Å². The van der Waals surface area contributed by atoms with Gasteiger partial charge in [0.1, 0.15) is 12.2 Å². The SMILES string of the molecule is CC[C@@]1(OC(C)C)C(=O)OCc2c1cc1n(c2=O)Cc2c-1nc1ccccc1c2/C=N/OC(C)(C)C. The van der Waals surface area contributed by atoms with E-state index in [0.717, 1.165) is 22.0 Å². The number of ether oxygens (including phenoxy) is 2. The molecule has 0 spiro atoms. The first kappa shape index (κ1) is 24.2. The van der Waals surface area contributed by atoms with Crippen LogP contribution in [-0.2, 0) is 37.9 Å². The van der Waals surface area contributed by atoms with E-state index in [4.69, 9.17) is 19.3 Å². The molecule has 0 N–H and O–H groups in total. The minimum absolute atomic E-state index is 0.0734. The van der Waals surface area contributed by atoms with Crippen LogP contribution in [0.25, 0.3) is 22.3 Å². The minimum Gasteiger partial charge on any atom is -0.458 e. The van der Waals surface area contributed by atoms with Gasteiger partial charge in [0.2, 0.25) is 0 Å². The molecule has 0 saturated carbocycles. The van der Waals surface area contributed by atoms with Crippen LogP contribution >= 0.6 is 0 Å². The molecule has 36 heavy (non-hydrogen) atoms. The standard InChI is InChI=1S/C28H31N3O5/c1-7-28(35-16(2)3)21-12-23-24-19(14-31(23)25(32)20(21)15-34-26(28)33)18(13-29-36-27(4,5)6)17-10-8-9-11-22(17)30-24/h8-13,16H,7,14-15H2,1-6H3/b29-13+/t28-/m0/s1. The number of esters is 1. The Morgan fingerprint density at radius 2 is 1.97 bits per heavy atom. The number of benzene rings is 1. The average molecular weight is 490 g/mol. The third-order valence-electron chi connectivity index (χ3n) is 6.55. The van der Waals surface area contributed by atoms with E-state index in [0.29, 0.717) is 35.5 Å². The molecule has 0 amide bonds. The molecule has 2 aliphatic heterocycles. The molecule has 0 fully saturated rings. The molecule has 2 aliphatic rings. The molecule has 1 atom stereocenters. The third kappa shape index (κ3) is 3.80. The molecule has 2 aromatic heterocycles. The predicted octanol–water partition coefficient (Wildman–Crippen LogP) is 4.66. The van der Waals surface area contributed by atoms with E-state index in [1.54, 1.807) is 10.8 Å².